The minimum absolute atomic E-state index is 0.581. The van der Waals surface area contributed by atoms with Crippen molar-refractivity contribution in [1.82, 2.24) is 9.72 Å². The van der Waals surface area contributed by atoms with E-state index < -0.39 is 0 Å². The Balaban J connectivity index is 2.20. The third kappa shape index (κ3) is 2.21. The van der Waals surface area contributed by atoms with Gasteiger partial charge in [-0.1, -0.05) is 13.0 Å². The van der Waals surface area contributed by atoms with Crippen molar-refractivity contribution in [2.24, 2.45) is 0 Å². The largest absolute Gasteiger partial charge is 0.324 e. The smallest absolute Gasteiger partial charge is 0.0450 e. The zero-order valence-electron chi connectivity index (χ0n) is 9.40. The van der Waals surface area contributed by atoms with Crippen molar-refractivity contribution in [2.45, 2.75) is 25.8 Å². The number of nitrogens with one attached hydrogen (secondary N) is 1. The Labute approximate surface area is 90.9 Å². The van der Waals surface area contributed by atoms with E-state index in [1.165, 1.54) is 17.5 Å². The third-order valence-corrected chi connectivity index (χ3v) is 2.97. The molecule has 2 heterocycles. The Kier molecular flexibility index (Phi) is 3.07. The van der Waals surface area contributed by atoms with Gasteiger partial charge < -0.3 is 9.72 Å². The molecule has 0 bridgehead atoms. The van der Waals surface area contributed by atoms with Gasteiger partial charge in [0.1, 0.15) is 0 Å². The van der Waals surface area contributed by atoms with Gasteiger partial charge in [-0.15, -0.1) is 0 Å². The van der Waals surface area contributed by atoms with Crippen molar-refractivity contribution in [1.29, 1.82) is 0 Å². The zero-order chi connectivity index (χ0) is 10.7. The van der Waals surface area contributed by atoms with E-state index in [2.05, 4.69) is 53.3 Å². The van der Waals surface area contributed by atoms with Crippen molar-refractivity contribution >= 4 is 5.52 Å². The molecule has 15 heavy (non-hydrogen) atoms. The number of aromatic nitrogens is 1. The number of fused-ring (bicyclic) bond motifs is 1. The Bertz CT molecular complexity index is 427. The van der Waals surface area contributed by atoms with E-state index in [9.17, 15) is 0 Å². The molecule has 0 spiro atoms. The van der Waals surface area contributed by atoms with E-state index in [-0.39, 0.29) is 0 Å². The van der Waals surface area contributed by atoms with E-state index in [4.69, 9.17) is 0 Å². The summed E-state index contributed by atoms with van der Waals surface area (Å²) < 4.78 is 2.18. The van der Waals surface area contributed by atoms with Crippen LogP contribution in [0.3, 0.4) is 0 Å². The highest BCUT2D eigenvalue weighted by Gasteiger charge is 2.04. The van der Waals surface area contributed by atoms with Crippen molar-refractivity contribution in [3.05, 3.63) is 42.2 Å². The molecule has 0 amide bonds. The van der Waals surface area contributed by atoms with E-state index in [0.29, 0.717) is 6.04 Å². The molecule has 1 unspecified atom stereocenters. The molecule has 1 atom stereocenters. The molecule has 0 fully saturated rings. The molecule has 0 aliphatic rings. The maximum Gasteiger partial charge on any atom is 0.0450 e. The number of pyridine rings is 1. The van der Waals surface area contributed by atoms with Crippen molar-refractivity contribution in [2.75, 3.05) is 7.05 Å². The molecule has 2 rings (SSSR count). The number of likely N-dealkylation sites (N-methyl/N-ethyl adjacent to an activating group) is 1. The molecule has 2 aromatic heterocycles. The number of nitrogens with zero attached hydrogens (tertiary/aromatic N) is 1. The molecule has 1 N–H and O–H groups in total. The molecule has 0 radical (unpaired) electrons. The lowest BCUT2D eigenvalue weighted by Crippen LogP contribution is -2.26. The second-order valence-corrected chi connectivity index (χ2v) is 3.98. The van der Waals surface area contributed by atoms with E-state index >= 15 is 0 Å². The van der Waals surface area contributed by atoms with Gasteiger partial charge >= 0.3 is 0 Å². The van der Waals surface area contributed by atoms with Crippen LogP contribution in [0, 0.1) is 0 Å². The molecule has 0 aliphatic carbocycles. The van der Waals surface area contributed by atoms with Crippen LogP contribution < -0.4 is 5.32 Å². The SMILES string of the molecule is CCC(Cc1ccc2cccn2c1)NC. The quantitative estimate of drug-likeness (QED) is 0.805. The lowest BCUT2D eigenvalue weighted by molar-refractivity contribution is 0.542. The maximum absolute atomic E-state index is 3.33. The normalized spacial score (nSPS) is 13.2. The summed E-state index contributed by atoms with van der Waals surface area (Å²) >= 11 is 0. The Morgan fingerprint density at radius 1 is 1.33 bits per heavy atom. The standard InChI is InChI=1S/C13H18N2/c1-3-12(14-2)9-11-6-7-13-5-4-8-15(13)10-11/h4-8,10,12,14H,3,9H2,1-2H3. The predicted molar refractivity (Wildman–Crippen MR) is 64.2 cm³/mol. The Hall–Kier alpha value is -1.28. The first-order valence-electron chi connectivity index (χ1n) is 5.56. The second kappa shape index (κ2) is 4.49. The molecule has 2 nitrogen and oxygen atoms in total. The van der Waals surface area contributed by atoms with Crippen LogP contribution in [0.5, 0.6) is 0 Å². The minimum atomic E-state index is 0.581. The van der Waals surface area contributed by atoms with Gasteiger partial charge in [-0.2, -0.15) is 0 Å². The van der Waals surface area contributed by atoms with Gasteiger partial charge in [-0.3, -0.25) is 0 Å². The highest BCUT2D eigenvalue weighted by atomic mass is 14.9. The van der Waals surface area contributed by atoms with Gasteiger partial charge in [-0.05, 0) is 43.7 Å². The summed E-state index contributed by atoms with van der Waals surface area (Å²) in [5, 5.41) is 3.33. The van der Waals surface area contributed by atoms with Crippen LogP contribution in [0.25, 0.3) is 5.52 Å². The molecule has 80 valence electrons. The fraction of sp³-hybridized carbons (Fsp3) is 0.385. The fourth-order valence-electron chi connectivity index (χ4n) is 1.94. The highest BCUT2D eigenvalue weighted by molar-refractivity contribution is 5.48. The van der Waals surface area contributed by atoms with Crippen LogP contribution in [-0.4, -0.2) is 17.5 Å². The molecule has 0 aliphatic heterocycles. The molecule has 2 aromatic rings. The zero-order valence-corrected chi connectivity index (χ0v) is 9.40. The van der Waals surface area contributed by atoms with Gasteiger partial charge in [-0.25, -0.2) is 0 Å². The minimum Gasteiger partial charge on any atom is -0.324 e. The first-order valence-corrected chi connectivity index (χ1v) is 5.56. The van der Waals surface area contributed by atoms with Crippen LogP contribution in [0.1, 0.15) is 18.9 Å². The van der Waals surface area contributed by atoms with Gasteiger partial charge in [0.25, 0.3) is 0 Å². The topological polar surface area (TPSA) is 16.4 Å². The molecular formula is C13H18N2. The van der Waals surface area contributed by atoms with E-state index in [1.807, 2.05) is 7.05 Å². The summed E-state index contributed by atoms with van der Waals surface area (Å²) in [6.07, 6.45) is 6.58. The molecular weight excluding hydrogens is 184 g/mol. The van der Waals surface area contributed by atoms with E-state index in [1.54, 1.807) is 0 Å². The fourth-order valence-corrected chi connectivity index (χ4v) is 1.94. The number of rotatable bonds is 4. The van der Waals surface area contributed by atoms with Crippen LogP contribution in [0.2, 0.25) is 0 Å². The lowest BCUT2D eigenvalue weighted by atomic mass is 10.1. The second-order valence-electron chi connectivity index (χ2n) is 3.98. The summed E-state index contributed by atoms with van der Waals surface area (Å²) in [4.78, 5) is 0. The summed E-state index contributed by atoms with van der Waals surface area (Å²) in [6, 6.07) is 9.18. The molecule has 0 aromatic carbocycles. The summed E-state index contributed by atoms with van der Waals surface area (Å²) in [5.74, 6) is 0. The highest BCUT2D eigenvalue weighted by Crippen LogP contribution is 2.10. The third-order valence-electron chi connectivity index (χ3n) is 2.97. The summed E-state index contributed by atoms with van der Waals surface area (Å²) in [7, 11) is 2.03. The monoisotopic (exact) mass is 202 g/mol. The van der Waals surface area contributed by atoms with Gasteiger partial charge in [0.05, 0.1) is 0 Å². The van der Waals surface area contributed by atoms with Crippen molar-refractivity contribution < 1.29 is 0 Å². The van der Waals surface area contributed by atoms with Crippen LogP contribution >= 0.6 is 0 Å². The average Bonchev–Trinajstić information content (AvgIpc) is 2.73. The number of hydrogen-bond donors (Lipinski definition) is 1. The molecule has 0 saturated carbocycles. The Morgan fingerprint density at radius 2 is 2.20 bits per heavy atom. The molecule has 0 saturated heterocycles. The molecule has 2 heteroatoms. The van der Waals surface area contributed by atoms with Crippen LogP contribution in [-0.2, 0) is 6.42 Å². The van der Waals surface area contributed by atoms with Crippen LogP contribution in [0.4, 0.5) is 0 Å². The predicted octanol–water partition coefficient (Wildman–Crippen LogP) is 2.48. The average molecular weight is 202 g/mol. The lowest BCUT2D eigenvalue weighted by Gasteiger charge is -2.13. The first kappa shape index (κ1) is 10.2. The van der Waals surface area contributed by atoms with E-state index in [0.717, 1.165) is 6.42 Å². The summed E-state index contributed by atoms with van der Waals surface area (Å²) in [5.41, 5.74) is 2.65. The van der Waals surface area contributed by atoms with Gasteiger partial charge in [0, 0.05) is 24.0 Å². The maximum atomic E-state index is 3.33. The number of hydrogen-bond acceptors (Lipinski definition) is 1. The summed E-state index contributed by atoms with van der Waals surface area (Å²) in [6.45, 7) is 2.22. The van der Waals surface area contributed by atoms with Gasteiger partial charge in [0.2, 0.25) is 0 Å². The first-order chi connectivity index (χ1) is 7.33. The van der Waals surface area contributed by atoms with Crippen molar-refractivity contribution in [3.63, 3.8) is 0 Å². The van der Waals surface area contributed by atoms with Crippen LogP contribution in [0.15, 0.2) is 36.7 Å². The van der Waals surface area contributed by atoms with Gasteiger partial charge in [0.15, 0.2) is 0 Å². The van der Waals surface area contributed by atoms with Crippen molar-refractivity contribution in [3.8, 4) is 0 Å². The Morgan fingerprint density at radius 3 is 2.93 bits per heavy atom.